The summed E-state index contributed by atoms with van der Waals surface area (Å²) in [7, 11) is 0. The van der Waals surface area contributed by atoms with Gasteiger partial charge in [0.25, 0.3) is 0 Å². The molecule has 0 bridgehead atoms. The topological polar surface area (TPSA) is 95.9 Å². The molecule has 0 rings (SSSR count). The second-order valence-corrected chi connectivity index (χ2v) is 16.4. The van der Waals surface area contributed by atoms with Crippen molar-refractivity contribution < 1.29 is 24.5 Å². The summed E-state index contributed by atoms with van der Waals surface area (Å²) >= 11 is 0. The number of carbonyl (C=O) groups excluding carboxylic acids is 2. The minimum Gasteiger partial charge on any atom is -0.466 e. The Labute approximate surface area is 341 Å². The zero-order valence-corrected chi connectivity index (χ0v) is 36.7. The summed E-state index contributed by atoms with van der Waals surface area (Å²) in [6.45, 7) is 4.81. The first-order valence-electron chi connectivity index (χ1n) is 24.1. The first-order chi connectivity index (χ1) is 27.0. The maximum atomic E-state index is 12.4. The lowest BCUT2D eigenvalue weighted by Crippen LogP contribution is -2.45. The molecule has 55 heavy (non-hydrogen) atoms. The van der Waals surface area contributed by atoms with Crippen LogP contribution in [0.1, 0.15) is 251 Å². The average Bonchev–Trinajstić information content (AvgIpc) is 3.18. The summed E-state index contributed by atoms with van der Waals surface area (Å²) in [5.74, 6) is -0.130. The van der Waals surface area contributed by atoms with Crippen LogP contribution in [0.4, 0.5) is 0 Å². The van der Waals surface area contributed by atoms with Crippen molar-refractivity contribution in [1.82, 2.24) is 5.32 Å². The van der Waals surface area contributed by atoms with Crippen LogP contribution < -0.4 is 5.32 Å². The van der Waals surface area contributed by atoms with Gasteiger partial charge in [-0.2, -0.15) is 0 Å². The lowest BCUT2D eigenvalue weighted by Gasteiger charge is -2.20. The van der Waals surface area contributed by atoms with Crippen molar-refractivity contribution in [1.29, 1.82) is 0 Å². The Morgan fingerprint density at radius 2 is 0.855 bits per heavy atom. The molecule has 0 aliphatic rings. The molecule has 0 radical (unpaired) electrons. The summed E-state index contributed by atoms with van der Waals surface area (Å²) < 4.78 is 5.42. The molecular weight excluding hydrogens is 683 g/mol. The molecule has 0 fully saturated rings. The molecule has 1 amide bonds. The second-order valence-electron chi connectivity index (χ2n) is 16.4. The van der Waals surface area contributed by atoms with Crippen LogP contribution in [-0.2, 0) is 14.3 Å². The highest BCUT2D eigenvalue weighted by Gasteiger charge is 2.18. The minimum absolute atomic E-state index is 0.0328. The van der Waals surface area contributed by atoms with Gasteiger partial charge in [-0.15, -0.1) is 0 Å². The molecule has 0 saturated heterocycles. The third kappa shape index (κ3) is 41.8. The third-order valence-corrected chi connectivity index (χ3v) is 11.0. The molecule has 0 aromatic heterocycles. The van der Waals surface area contributed by atoms with E-state index in [0.717, 1.165) is 83.5 Å². The number of aliphatic hydroxyl groups is 2. The molecule has 0 aliphatic carbocycles. The highest BCUT2D eigenvalue weighted by atomic mass is 16.5. The standard InChI is InChI=1S/C49H93NO5/c1-3-5-7-9-11-13-15-17-18-19-21-25-29-33-37-41-47(52)46(45-51)50-48(53)42-38-34-30-26-22-20-24-28-32-36-40-44-55-49(54)43-39-35-31-27-23-16-14-12-10-8-6-4-2/h24,28,37,41,46-47,51-52H,3-23,25-27,29-36,38-40,42-45H2,1-2H3,(H,50,53)/b28-24-,41-37+. The van der Waals surface area contributed by atoms with E-state index in [1.54, 1.807) is 6.08 Å². The average molecular weight is 776 g/mol. The Bertz CT molecular complexity index is 858. The summed E-state index contributed by atoms with van der Waals surface area (Å²) in [6, 6.07) is -0.647. The SMILES string of the molecule is CCCCCCCCCCCCCCC/C=C/C(O)C(CO)NC(=O)CCCCCCC/C=C\CCCCOC(=O)CCCCCCCCCCCCCC. The maximum absolute atomic E-state index is 12.4. The van der Waals surface area contributed by atoms with Crippen molar-refractivity contribution in [2.24, 2.45) is 0 Å². The normalized spacial score (nSPS) is 12.9. The maximum Gasteiger partial charge on any atom is 0.305 e. The summed E-state index contributed by atoms with van der Waals surface area (Å²) in [5.41, 5.74) is 0. The molecule has 324 valence electrons. The first-order valence-corrected chi connectivity index (χ1v) is 24.1. The van der Waals surface area contributed by atoms with Crippen LogP contribution in [0.5, 0.6) is 0 Å². The van der Waals surface area contributed by atoms with E-state index in [1.807, 2.05) is 6.08 Å². The van der Waals surface area contributed by atoms with E-state index in [2.05, 4.69) is 31.3 Å². The van der Waals surface area contributed by atoms with Crippen LogP contribution in [-0.4, -0.2) is 47.4 Å². The molecular formula is C49H93NO5. The monoisotopic (exact) mass is 776 g/mol. The van der Waals surface area contributed by atoms with Gasteiger partial charge >= 0.3 is 5.97 Å². The number of ether oxygens (including phenoxy) is 1. The number of hydrogen-bond donors (Lipinski definition) is 3. The molecule has 0 spiro atoms. The van der Waals surface area contributed by atoms with Crippen LogP contribution in [0.2, 0.25) is 0 Å². The number of unbranched alkanes of at least 4 members (excludes halogenated alkanes) is 31. The lowest BCUT2D eigenvalue weighted by atomic mass is 10.0. The molecule has 2 unspecified atom stereocenters. The molecule has 6 nitrogen and oxygen atoms in total. The zero-order valence-electron chi connectivity index (χ0n) is 36.7. The fourth-order valence-electron chi connectivity index (χ4n) is 7.21. The zero-order chi connectivity index (χ0) is 40.1. The molecule has 3 N–H and O–H groups in total. The Morgan fingerprint density at radius 1 is 0.491 bits per heavy atom. The molecule has 6 heteroatoms. The Kier molecular flexibility index (Phi) is 43.7. The molecule has 0 saturated carbocycles. The van der Waals surface area contributed by atoms with Crippen LogP contribution in [0.25, 0.3) is 0 Å². The van der Waals surface area contributed by atoms with E-state index in [9.17, 15) is 19.8 Å². The van der Waals surface area contributed by atoms with Crippen LogP contribution in [0, 0.1) is 0 Å². The molecule has 0 aromatic carbocycles. The summed E-state index contributed by atoms with van der Waals surface area (Å²) in [5, 5.41) is 23.0. The first kappa shape index (κ1) is 53.3. The van der Waals surface area contributed by atoms with E-state index in [4.69, 9.17) is 4.74 Å². The number of aliphatic hydroxyl groups excluding tert-OH is 2. The van der Waals surface area contributed by atoms with Crippen molar-refractivity contribution in [3.05, 3.63) is 24.3 Å². The van der Waals surface area contributed by atoms with Crippen LogP contribution in [0.3, 0.4) is 0 Å². The van der Waals surface area contributed by atoms with Crippen molar-refractivity contribution in [3.63, 3.8) is 0 Å². The van der Waals surface area contributed by atoms with Crippen LogP contribution >= 0.6 is 0 Å². The quantitative estimate of drug-likeness (QED) is 0.0325. The summed E-state index contributed by atoms with van der Waals surface area (Å²) in [4.78, 5) is 24.4. The number of rotatable bonds is 44. The number of amides is 1. The van der Waals surface area contributed by atoms with Crippen LogP contribution in [0.15, 0.2) is 24.3 Å². The van der Waals surface area contributed by atoms with Gasteiger partial charge in [-0.05, 0) is 57.8 Å². The summed E-state index contributed by atoms with van der Waals surface area (Å²) in [6.07, 6.45) is 51.7. The van der Waals surface area contributed by atoms with Gasteiger partial charge < -0.3 is 20.3 Å². The second kappa shape index (κ2) is 45.0. The fraction of sp³-hybridized carbons (Fsp3) is 0.878. The Hall–Kier alpha value is -1.66. The predicted molar refractivity (Wildman–Crippen MR) is 236 cm³/mol. The van der Waals surface area contributed by atoms with E-state index in [1.165, 1.54) is 141 Å². The number of nitrogens with one attached hydrogen (secondary N) is 1. The van der Waals surface area contributed by atoms with Crippen molar-refractivity contribution in [2.45, 2.75) is 264 Å². The third-order valence-electron chi connectivity index (χ3n) is 11.0. The number of esters is 1. The van der Waals surface area contributed by atoms with Gasteiger partial charge in [0, 0.05) is 12.8 Å². The highest BCUT2D eigenvalue weighted by Crippen LogP contribution is 2.15. The minimum atomic E-state index is -0.861. The fourth-order valence-corrected chi connectivity index (χ4v) is 7.21. The van der Waals surface area contributed by atoms with Gasteiger partial charge in [0.2, 0.25) is 5.91 Å². The number of carbonyl (C=O) groups is 2. The van der Waals surface area contributed by atoms with E-state index in [0.29, 0.717) is 19.4 Å². The molecule has 0 aliphatic heterocycles. The largest absolute Gasteiger partial charge is 0.466 e. The molecule has 0 heterocycles. The Morgan fingerprint density at radius 3 is 1.29 bits per heavy atom. The Balaban J connectivity index is 3.57. The van der Waals surface area contributed by atoms with E-state index in [-0.39, 0.29) is 18.5 Å². The van der Waals surface area contributed by atoms with Crippen molar-refractivity contribution in [2.75, 3.05) is 13.2 Å². The van der Waals surface area contributed by atoms with E-state index < -0.39 is 12.1 Å². The van der Waals surface area contributed by atoms with Gasteiger partial charge in [-0.1, -0.05) is 205 Å². The molecule has 0 aromatic rings. The highest BCUT2D eigenvalue weighted by molar-refractivity contribution is 5.76. The van der Waals surface area contributed by atoms with E-state index >= 15 is 0 Å². The van der Waals surface area contributed by atoms with Crippen molar-refractivity contribution in [3.8, 4) is 0 Å². The van der Waals surface area contributed by atoms with Gasteiger partial charge in [0.1, 0.15) is 0 Å². The van der Waals surface area contributed by atoms with Gasteiger partial charge in [-0.25, -0.2) is 0 Å². The van der Waals surface area contributed by atoms with Crippen molar-refractivity contribution >= 4 is 11.9 Å². The van der Waals surface area contributed by atoms with Gasteiger partial charge in [0.15, 0.2) is 0 Å². The number of hydrogen-bond acceptors (Lipinski definition) is 5. The molecule has 2 atom stereocenters. The smallest absolute Gasteiger partial charge is 0.305 e. The van der Waals surface area contributed by atoms with Gasteiger partial charge in [0.05, 0.1) is 25.4 Å². The number of allylic oxidation sites excluding steroid dienone is 3. The van der Waals surface area contributed by atoms with Gasteiger partial charge in [-0.3, -0.25) is 9.59 Å². The lowest BCUT2D eigenvalue weighted by molar-refractivity contribution is -0.143. The predicted octanol–water partition coefficient (Wildman–Crippen LogP) is 14.0.